The molecule has 0 saturated heterocycles. The van der Waals surface area contributed by atoms with E-state index in [0.29, 0.717) is 10.4 Å². The van der Waals surface area contributed by atoms with Gasteiger partial charge >= 0.3 is 90.6 Å². The second-order valence-corrected chi connectivity index (χ2v) is 35.2. The van der Waals surface area contributed by atoms with Gasteiger partial charge in [-0.3, -0.25) is 0 Å². The van der Waals surface area contributed by atoms with Crippen LogP contribution in [0.15, 0.2) is 0 Å². The van der Waals surface area contributed by atoms with E-state index in [1.165, 1.54) is 0 Å². The summed E-state index contributed by atoms with van der Waals surface area (Å²) in [5, 5.41) is 17.4. The second-order valence-electron chi connectivity index (χ2n) is 1.57. The minimum absolute atomic E-state index is 0.0498. The molecule has 0 atom stereocenters. The summed E-state index contributed by atoms with van der Waals surface area (Å²) >= 11 is 0.651. The summed E-state index contributed by atoms with van der Waals surface area (Å²) in [6.07, 6.45) is 0. The Balaban J connectivity index is 3.52. The number of carboxylic acid groups (broad SMARTS) is 2. The topological polar surface area (TPSA) is 74.6 Å². The third-order valence-corrected chi connectivity index (χ3v) is 52.1. The number of hydrogen-bond donors (Lipinski definition) is 2. The van der Waals surface area contributed by atoms with Crippen LogP contribution in [0.3, 0.4) is 0 Å². The Morgan fingerprint density at radius 2 is 1.25 bits per heavy atom. The number of carboxylic acids is 2. The van der Waals surface area contributed by atoms with Crippen molar-refractivity contribution in [3.05, 3.63) is 0 Å². The molecule has 0 aliphatic heterocycles. The Morgan fingerprint density at radius 3 is 1.50 bits per heavy atom. The van der Waals surface area contributed by atoms with E-state index in [9.17, 15) is 9.59 Å². The van der Waals surface area contributed by atoms with Gasteiger partial charge in [-0.15, -0.1) is 0 Å². The average Bonchev–Trinajstić information content (AvgIpc) is 1.95. The molecule has 0 fully saturated rings. The van der Waals surface area contributed by atoms with Crippen LogP contribution in [0.1, 0.15) is 0 Å². The monoisotopic (exact) mass is 418 g/mol. The van der Waals surface area contributed by atoms with E-state index in [4.69, 9.17) is 10.2 Å². The van der Waals surface area contributed by atoms with Gasteiger partial charge in [0, 0.05) is 0 Å². The van der Waals surface area contributed by atoms with Crippen molar-refractivity contribution in [2.45, 2.75) is 10.4 Å². The van der Waals surface area contributed by atoms with Gasteiger partial charge in [0.25, 0.3) is 0 Å². The molecule has 0 aliphatic carbocycles. The molecule has 0 unspecified atom stereocenters. The van der Waals surface area contributed by atoms with Crippen LogP contribution in [0.4, 0.5) is 0 Å². The molecular formula is C4H6As4O4. The third kappa shape index (κ3) is 11.2. The Morgan fingerprint density at radius 1 is 0.917 bits per heavy atom. The van der Waals surface area contributed by atoms with Gasteiger partial charge in [0.2, 0.25) is 0 Å². The molecule has 12 heavy (non-hydrogen) atoms. The average molecular weight is 418 g/mol. The van der Waals surface area contributed by atoms with Crippen LogP contribution in [0.5, 0.6) is 0 Å². The fourth-order valence-corrected chi connectivity index (χ4v) is 53.4. The Hall–Kier alpha value is 1.17. The van der Waals surface area contributed by atoms with Gasteiger partial charge in [-0.05, 0) is 0 Å². The summed E-state index contributed by atoms with van der Waals surface area (Å²) in [5.41, 5.74) is 0. The maximum atomic E-state index is 10.1. The predicted molar refractivity (Wildman–Crippen MR) is 47.9 cm³/mol. The zero-order chi connectivity index (χ0) is 9.40. The molecule has 0 saturated carbocycles. The van der Waals surface area contributed by atoms with Crippen molar-refractivity contribution in [1.82, 2.24) is 0 Å². The molecule has 0 aromatic carbocycles. The van der Waals surface area contributed by atoms with Crippen LogP contribution < -0.4 is 0 Å². The van der Waals surface area contributed by atoms with E-state index in [1.807, 2.05) is 0 Å². The van der Waals surface area contributed by atoms with E-state index >= 15 is 0 Å². The summed E-state index contributed by atoms with van der Waals surface area (Å²) in [6, 6.07) is 0. The first-order chi connectivity index (χ1) is 5.63. The molecule has 0 amide bonds. The summed E-state index contributed by atoms with van der Waals surface area (Å²) in [6.45, 7) is 0. The fourth-order valence-electron chi connectivity index (χ4n) is 0.241. The molecule has 66 valence electrons. The Labute approximate surface area is 89.7 Å². The number of carbonyl (C=O) groups is 2. The molecule has 0 radical (unpaired) electrons. The fraction of sp³-hybridized carbons (Fsp3) is 0.500. The third-order valence-electron chi connectivity index (χ3n) is 0.578. The van der Waals surface area contributed by atoms with E-state index in [2.05, 4.69) is 0 Å². The van der Waals surface area contributed by atoms with Crippen molar-refractivity contribution in [2.24, 2.45) is 0 Å². The first-order valence-corrected chi connectivity index (χ1v) is 21.0. The zero-order valence-electron chi connectivity index (χ0n) is 5.91. The molecule has 2 N–H and O–H groups in total. The summed E-state index contributed by atoms with van der Waals surface area (Å²) in [7, 11) is 0. The number of hydrogen-bond acceptors (Lipinski definition) is 2. The van der Waals surface area contributed by atoms with Crippen LogP contribution >= 0.6 is 0 Å². The number of rotatable bonds is 5. The SMILES string of the molecule is O=C(O)C[As]=[As][As]=[As]CC(=O)O. The number of aliphatic carboxylic acids is 2. The molecular weight excluding hydrogens is 412 g/mol. The molecule has 0 rings (SSSR count). The molecule has 0 aliphatic rings. The van der Waals surface area contributed by atoms with Crippen LogP contribution in [0, 0.1) is 0 Å². The standard InChI is InChI=1S/C4H6As4O4/c9-3(10)1-5-7-8-6-2-4(11)12/h1-2H2,(H,9,10)(H,11,12). The molecule has 0 aromatic rings. The first-order valence-electron chi connectivity index (χ1n) is 2.80. The van der Waals surface area contributed by atoms with Gasteiger partial charge in [-0.25, -0.2) is 0 Å². The maximum absolute atomic E-state index is 10.1. The zero-order valence-corrected chi connectivity index (χ0v) is 13.4. The Bertz CT molecular complexity index is 199. The quantitative estimate of drug-likeness (QED) is 0.537. The van der Waals surface area contributed by atoms with Crippen molar-refractivity contribution < 1.29 is 19.8 Å². The van der Waals surface area contributed by atoms with E-state index < -0.39 is 11.9 Å². The van der Waals surface area contributed by atoms with E-state index in [0.717, 1.165) is 0 Å². The molecule has 4 nitrogen and oxygen atoms in total. The molecule has 0 heterocycles. The molecule has 0 spiro atoms. The van der Waals surface area contributed by atoms with E-state index in [-0.39, 0.29) is 48.4 Å². The van der Waals surface area contributed by atoms with Gasteiger partial charge < -0.3 is 0 Å². The summed E-state index contributed by atoms with van der Waals surface area (Å²) in [4.78, 5) is 20.2. The summed E-state index contributed by atoms with van der Waals surface area (Å²) < 4.78 is 0. The predicted octanol–water partition coefficient (Wildman–Crippen LogP) is -1.45. The van der Waals surface area contributed by atoms with Crippen molar-refractivity contribution in [3.8, 4) is 0 Å². The van der Waals surface area contributed by atoms with E-state index in [1.54, 1.807) is 0 Å². The second kappa shape index (κ2) is 8.76. The van der Waals surface area contributed by atoms with Gasteiger partial charge in [0.1, 0.15) is 0 Å². The normalized spacial score (nSPS) is 11.0. The first kappa shape index (κ1) is 13.2. The molecule has 8 heteroatoms. The Kier molecular flexibility index (Phi) is 9.61. The molecule has 0 aromatic heterocycles. The van der Waals surface area contributed by atoms with Gasteiger partial charge in [0.15, 0.2) is 0 Å². The van der Waals surface area contributed by atoms with Crippen LogP contribution in [0.25, 0.3) is 0 Å². The van der Waals surface area contributed by atoms with Crippen molar-refractivity contribution in [2.75, 3.05) is 0 Å². The minimum atomic E-state index is -0.694. The van der Waals surface area contributed by atoms with Crippen molar-refractivity contribution in [1.29, 1.82) is 0 Å². The van der Waals surface area contributed by atoms with Crippen LogP contribution in [0.2, 0.25) is 10.4 Å². The molecule has 0 bridgehead atoms. The van der Waals surface area contributed by atoms with Crippen LogP contribution in [-0.4, -0.2) is 70.6 Å². The van der Waals surface area contributed by atoms with Gasteiger partial charge in [0.05, 0.1) is 0 Å². The van der Waals surface area contributed by atoms with Gasteiger partial charge in [-0.2, -0.15) is 0 Å². The van der Waals surface area contributed by atoms with Crippen molar-refractivity contribution >= 4 is 60.4 Å². The van der Waals surface area contributed by atoms with Crippen molar-refractivity contribution in [3.63, 3.8) is 0 Å². The van der Waals surface area contributed by atoms with Crippen LogP contribution in [-0.2, 0) is 9.59 Å². The van der Waals surface area contributed by atoms with Gasteiger partial charge in [-0.1, -0.05) is 0 Å². The summed E-state index contributed by atoms with van der Waals surface area (Å²) in [5.74, 6) is -1.39.